The van der Waals surface area contributed by atoms with Crippen molar-refractivity contribution < 1.29 is 0 Å². The molecular formula is C20H28N2S. The van der Waals surface area contributed by atoms with Crippen LogP contribution in [0.15, 0.2) is 34.3 Å². The molecule has 0 radical (unpaired) electrons. The maximum Gasteiger partial charge on any atom is 0.100 e. The van der Waals surface area contributed by atoms with Crippen molar-refractivity contribution in [2.24, 2.45) is 4.99 Å². The van der Waals surface area contributed by atoms with Crippen molar-refractivity contribution >= 4 is 17.5 Å². The fourth-order valence-corrected chi connectivity index (χ4v) is 4.56. The minimum absolute atomic E-state index is 0.872. The molecule has 0 saturated heterocycles. The number of aliphatic imine (C=N–C) groups is 1. The number of nitrogens with zero attached hydrogens (tertiary/aromatic N) is 2. The Labute approximate surface area is 145 Å². The van der Waals surface area contributed by atoms with Crippen LogP contribution in [0.25, 0.3) is 0 Å². The zero-order valence-electron chi connectivity index (χ0n) is 14.9. The predicted octanol–water partition coefficient (Wildman–Crippen LogP) is 5.13. The van der Waals surface area contributed by atoms with Crippen molar-refractivity contribution in [2.75, 3.05) is 12.8 Å². The van der Waals surface area contributed by atoms with Crippen LogP contribution in [0, 0.1) is 6.92 Å². The number of pyridine rings is 1. The minimum atomic E-state index is 0.872. The van der Waals surface area contributed by atoms with Gasteiger partial charge in [0.25, 0.3) is 0 Å². The molecule has 1 aliphatic rings. The van der Waals surface area contributed by atoms with Gasteiger partial charge in [-0.2, -0.15) is 0 Å². The second-order valence-electron chi connectivity index (χ2n) is 6.04. The van der Waals surface area contributed by atoms with Crippen LogP contribution in [0.2, 0.25) is 0 Å². The third-order valence-corrected chi connectivity index (χ3v) is 5.62. The zero-order chi connectivity index (χ0) is 16.8. The van der Waals surface area contributed by atoms with Gasteiger partial charge < -0.3 is 0 Å². The summed E-state index contributed by atoms with van der Waals surface area (Å²) < 4.78 is 0. The normalized spacial score (nSPS) is 15.5. The minimum Gasteiger partial charge on any atom is -0.292 e. The van der Waals surface area contributed by atoms with Gasteiger partial charge in [-0.05, 0) is 68.2 Å². The van der Waals surface area contributed by atoms with Crippen LogP contribution >= 0.6 is 11.8 Å². The lowest BCUT2D eigenvalue weighted by Crippen LogP contribution is -2.13. The Morgan fingerprint density at radius 2 is 2.00 bits per heavy atom. The van der Waals surface area contributed by atoms with E-state index < -0.39 is 0 Å². The summed E-state index contributed by atoms with van der Waals surface area (Å²) in [5, 5.41) is 1.22. The van der Waals surface area contributed by atoms with Gasteiger partial charge in [-0.25, -0.2) is 4.98 Å². The largest absolute Gasteiger partial charge is 0.292 e. The number of aromatic nitrogens is 1. The summed E-state index contributed by atoms with van der Waals surface area (Å²) in [5.41, 5.74) is 8.09. The Morgan fingerprint density at radius 3 is 2.61 bits per heavy atom. The molecule has 2 nitrogen and oxygen atoms in total. The van der Waals surface area contributed by atoms with Gasteiger partial charge in [0.2, 0.25) is 0 Å². The number of aryl methyl sites for hydroxylation is 1. The molecule has 1 aliphatic carbocycles. The average molecular weight is 329 g/mol. The number of hydrogen-bond donors (Lipinski definition) is 0. The predicted molar refractivity (Wildman–Crippen MR) is 103 cm³/mol. The topological polar surface area (TPSA) is 25.2 Å². The number of thioether (sulfide) groups is 1. The lowest BCUT2D eigenvalue weighted by Gasteiger charge is -2.23. The highest BCUT2D eigenvalue weighted by Gasteiger charge is 2.20. The van der Waals surface area contributed by atoms with Gasteiger partial charge >= 0.3 is 0 Å². The molecule has 0 N–H and O–H groups in total. The van der Waals surface area contributed by atoms with Crippen molar-refractivity contribution in [3.05, 3.63) is 46.7 Å². The summed E-state index contributed by atoms with van der Waals surface area (Å²) >= 11 is 1.84. The molecule has 0 aliphatic heterocycles. The van der Waals surface area contributed by atoms with Gasteiger partial charge in [-0.3, -0.25) is 4.99 Å². The lowest BCUT2D eigenvalue weighted by molar-refractivity contribution is 0.656. The standard InChI is InChI=1S/C20H28N2S/c1-6-10-14(3)19(21-5)13-23-20-18-12-9-8-11-17(18)16(7-2)15(4)22-20/h6,10H,1,7-9,11-13H2,2-5H3/b14-10-,21-19-. The molecule has 0 atom stereocenters. The number of hydrogen-bond acceptors (Lipinski definition) is 3. The Hall–Kier alpha value is -1.35. The number of rotatable bonds is 6. The Morgan fingerprint density at radius 1 is 1.30 bits per heavy atom. The van der Waals surface area contributed by atoms with E-state index in [0.717, 1.165) is 17.9 Å². The first-order valence-corrected chi connectivity index (χ1v) is 9.50. The highest BCUT2D eigenvalue weighted by Crippen LogP contribution is 2.33. The zero-order valence-corrected chi connectivity index (χ0v) is 15.7. The van der Waals surface area contributed by atoms with Crippen LogP contribution in [0.1, 0.15) is 49.1 Å². The van der Waals surface area contributed by atoms with Crippen molar-refractivity contribution in [3.8, 4) is 0 Å². The van der Waals surface area contributed by atoms with Gasteiger partial charge in [-0.15, -0.1) is 0 Å². The van der Waals surface area contributed by atoms with Gasteiger partial charge in [0.15, 0.2) is 0 Å². The summed E-state index contributed by atoms with van der Waals surface area (Å²) in [6, 6.07) is 0. The number of allylic oxidation sites excluding steroid dienone is 3. The molecule has 0 spiro atoms. The molecule has 0 unspecified atom stereocenters. The highest BCUT2D eigenvalue weighted by atomic mass is 32.2. The van der Waals surface area contributed by atoms with E-state index in [9.17, 15) is 0 Å². The van der Waals surface area contributed by atoms with Crippen LogP contribution in [0.3, 0.4) is 0 Å². The Bertz CT molecular complexity index is 642. The molecule has 23 heavy (non-hydrogen) atoms. The fraction of sp³-hybridized carbons (Fsp3) is 0.500. The SMILES string of the molecule is C=C/C=C(C)\C(CSc1nc(C)c(CC)c2c1CCCC2)=N/C. The number of fused-ring (bicyclic) bond motifs is 1. The highest BCUT2D eigenvalue weighted by molar-refractivity contribution is 8.00. The van der Waals surface area contributed by atoms with Crippen LogP contribution < -0.4 is 0 Å². The van der Waals surface area contributed by atoms with Crippen LogP contribution in [-0.4, -0.2) is 23.5 Å². The summed E-state index contributed by atoms with van der Waals surface area (Å²) in [6.45, 7) is 10.3. The molecular weight excluding hydrogens is 300 g/mol. The Balaban J connectivity index is 2.28. The molecule has 1 heterocycles. The monoisotopic (exact) mass is 328 g/mol. The molecule has 0 aromatic carbocycles. The van der Waals surface area contributed by atoms with Crippen LogP contribution in [-0.2, 0) is 19.3 Å². The smallest absolute Gasteiger partial charge is 0.100 e. The van der Waals surface area contributed by atoms with E-state index >= 15 is 0 Å². The molecule has 0 bridgehead atoms. The van der Waals surface area contributed by atoms with E-state index in [2.05, 4.69) is 32.3 Å². The van der Waals surface area contributed by atoms with Crippen molar-refractivity contribution in [3.63, 3.8) is 0 Å². The van der Waals surface area contributed by atoms with Crippen molar-refractivity contribution in [2.45, 2.75) is 57.9 Å². The quantitative estimate of drug-likeness (QED) is 0.411. The molecule has 3 heteroatoms. The molecule has 0 saturated carbocycles. The summed E-state index contributed by atoms with van der Waals surface area (Å²) in [4.78, 5) is 9.38. The second kappa shape index (κ2) is 8.49. The van der Waals surface area contributed by atoms with E-state index in [4.69, 9.17) is 4.98 Å². The molecule has 124 valence electrons. The van der Waals surface area contributed by atoms with Crippen molar-refractivity contribution in [1.82, 2.24) is 4.98 Å². The third kappa shape index (κ3) is 4.14. The first-order valence-electron chi connectivity index (χ1n) is 8.51. The first-order chi connectivity index (χ1) is 11.1. The maximum atomic E-state index is 4.94. The summed E-state index contributed by atoms with van der Waals surface area (Å²) in [5.74, 6) is 0.872. The molecule has 1 aromatic rings. The van der Waals surface area contributed by atoms with E-state index in [1.165, 1.54) is 53.1 Å². The lowest BCUT2D eigenvalue weighted by atomic mass is 9.88. The van der Waals surface area contributed by atoms with E-state index in [-0.39, 0.29) is 0 Å². The van der Waals surface area contributed by atoms with Crippen molar-refractivity contribution in [1.29, 1.82) is 0 Å². The molecule has 1 aromatic heterocycles. The van der Waals surface area contributed by atoms with Crippen LogP contribution in [0.5, 0.6) is 0 Å². The summed E-state index contributed by atoms with van der Waals surface area (Å²) in [6.07, 6.45) is 9.95. The second-order valence-corrected chi connectivity index (χ2v) is 7.01. The Kier molecular flexibility index (Phi) is 6.64. The van der Waals surface area contributed by atoms with Gasteiger partial charge in [-0.1, -0.05) is 37.4 Å². The van der Waals surface area contributed by atoms with Gasteiger partial charge in [0.05, 0.1) is 0 Å². The first kappa shape index (κ1) is 18.0. The molecule has 0 amide bonds. The molecule has 2 rings (SSSR count). The average Bonchev–Trinajstić information content (AvgIpc) is 2.55. The maximum absolute atomic E-state index is 4.94. The van der Waals surface area contributed by atoms with E-state index in [1.54, 1.807) is 5.56 Å². The van der Waals surface area contributed by atoms with E-state index in [0.29, 0.717) is 0 Å². The van der Waals surface area contributed by atoms with Crippen LogP contribution in [0.4, 0.5) is 0 Å². The summed E-state index contributed by atoms with van der Waals surface area (Å²) in [7, 11) is 1.87. The molecule has 0 fully saturated rings. The third-order valence-electron chi connectivity index (χ3n) is 4.59. The fourth-order valence-electron chi connectivity index (χ4n) is 3.33. The van der Waals surface area contributed by atoms with E-state index in [1.807, 2.05) is 31.0 Å². The van der Waals surface area contributed by atoms with Gasteiger partial charge in [0, 0.05) is 24.2 Å². The van der Waals surface area contributed by atoms with Gasteiger partial charge in [0.1, 0.15) is 5.03 Å².